The summed E-state index contributed by atoms with van der Waals surface area (Å²) in [5, 5.41) is 8.83. The molecular weight excluding hydrogens is 171 g/mol. The Morgan fingerprint density at radius 3 is 1.70 bits per heavy atom. The van der Waals surface area contributed by atoms with Crippen molar-refractivity contribution in [2.45, 2.75) is 0 Å². The van der Waals surface area contributed by atoms with Gasteiger partial charge in [-0.05, 0) is 12.1 Å². The first-order chi connectivity index (χ1) is 4.81. The smallest absolute Gasteiger partial charge is 0.115 e. The number of phenolic OH excluding ortho intramolecular Hbond substituents is 1. The number of para-hydroxylation sites is 1. The number of hydrogen-bond acceptors (Lipinski definition) is 1. The van der Waals surface area contributed by atoms with E-state index in [-0.39, 0.29) is 5.34 Å². The van der Waals surface area contributed by atoms with Gasteiger partial charge >= 0.3 is 0 Å². The van der Waals surface area contributed by atoms with Crippen molar-refractivity contribution in [1.82, 2.24) is 0 Å². The van der Waals surface area contributed by atoms with E-state index in [0.717, 1.165) is 0 Å². The molecule has 0 saturated heterocycles. The summed E-state index contributed by atoms with van der Waals surface area (Å²) < 4.78 is 0. The van der Waals surface area contributed by atoms with Crippen molar-refractivity contribution in [3.8, 4) is 5.75 Å². The van der Waals surface area contributed by atoms with E-state index in [0.29, 0.717) is 5.75 Å². The van der Waals surface area contributed by atoms with Gasteiger partial charge in [-0.25, -0.2) is 0 Å². The molecule has 0 bridgehead atoms. The summed E-state index contributed by atoms with van der Waals surface area (Å²) in [5.41, 5.74) is 0. The molecule has 1 aromatic rings. The molecule has 1 N–H and O–H groups in total. The normalized spacial score (nSPS) is 7.80. The van der Waals surface area contributed by atoms with Crippen LogP contribution in [0, 0.1) is 0 Å². The maximum Gasteiger partial charge on any atom is 0.115 e. The Kier molecular flexibility index (Phi) is 6.45. The highest BCUT2D eigenvalue weighted by atomic mass is 35.5. The third-order valence-electron chi connectivity index (χ3n) is 0.756. The van der Waals surface area contributed by atoms with Gasteiger partial charge in [-0.3, -0.25) is 0 Å². The maximum absolute atomic E-state index is 8.63. The average Bonchev–Trinajstić information content (AvgIpc) is 1.91. The van der Waals surface area contributed by atoms with Crippen molar-refractivity contribution in [2.75, 3.05) is 5.34 Å². The lowest BCUT2D eigenvalue weighted by Crippen LogP contribution is -1.56. The van der Waals surface area contributed by atoms with Gasteiger partial charge in [0.15, 0.2) is 0 Å². The van der Waals surface area contributed by atoms with Crippen LogP contribution >= 0.6 is 23.2 Å². The first-order valence-corrected chi connectivity index (χ1v) is 3.74. The molecule has 3 heteroatoms. The van der Waals surface area contributed by atoms with E-state index < -0.39 is 0 Å². The molecule has 0 aromatic heterocycles. The van der Waals surface area contributed by atoms with Crippen LogP contribution < -0.4 is 0 Å². The van der Waals surface area contributed by atoms with Crippen LogP contribution in [0.2, 0.25) is 0 Å². The monoisotopic (exact) mass is 178 g/mol. The van der Waals surface area contributed by atoms with Gasteiger partial charge in [-0.15, -0.1) is 23.2 Å². The van der Waals surface area contributed by atoms with E-state index >= 15 is 0 Å². The van der Waals surface area contributed by atoms with Gasteiger partial charge in [0.1, 0.15) is 5.75 Å². The van der Waals surface area contributed by atoms with Crippen molar-refractivity contribution in [1.29, 1.82) is 0 Å². The number of phenols is 1. The molecule has 0 atom stereocenters. The molecule has 0 aliphatic rings. The Hall–Kier alpha value is -0.400. The van der Waals surface area contributed by atoms with Gasteiger partial charge < -0.3 is 5.11 Å². The van der Waals surface area contributed by atoms with Crippen LogP contribution in [-0.2, 0) is 0 Å². The number of benzene rings is 1. The Morgan fingerprint density at radius 2 is 1.50 bits per heavy atom. The van der Waals surface area contributed by atoms with E-state index in [4.69, 9.17) is 28.3 Å². The zero-order valence-electron chi connectivity index (χ0n) is 5.30. The molecule has 0 heterocycles. The second-order valence-corrected chi connectivity index (χ2v) is 2.24. The molecule has 1 rings (SSSR count). The van der Waals surface area contributed by atoms with Crippen LogP contribution in [0.5, 0.6) is 5.75 Å². The Bertz CT molecular complexity index is 153. The number of aromatic hydroxyl groups is 1. The molecule has 0 fully saturated rings. The van der Waals surface area contributed by atoms with E-state index in [1.54, 1.807) is 24.3 Å². The van der Waals surface area contributed by atoms with E-state index in [2.05, 4.69) is 0 Å². The maximum atomic E-state index is 8.63. The molecule has 1 nitrogen and oxygen atoms in total. The van der Waals surface area contributed by atoms with Crippen molar-refractivity contribution in [3.05, 3.63) is 30.3 Å². The molecule has 0 radical (unpaired) electrons. The summed E-state index contributed by atoms with van der Waals surface area (Å²) in [4.78, 5) is 0. The Labute approximate surface area is 70.2 Å². The molecular formula is C7H8Cl2O. The summed E-state index contributed by atoms with van der Waals surface area (Å²) >= 11 is 9.53. The fourth-order valence-electron chi connectivity index (χ4n) is 0.428. The Balaban J connectivity index is 0.000000236. The summed E-state index contributed by atoms with van der Waals surface area (Å²) in [7, 11) is 0. The highest BCUT2D eigenvalue weighted by molar-refractivity contribution is 6.40. The minimum Gasteiger partial charge on any atom is -0.508 e. The molecule has 0 unspecified atom stereocenters. The second kappa shape index (κ2) is 6.72. The van der Waals surface area contributed by atoms with Gasteiger partial charge in [-0.2, -0.15) is 0 Å². The number of rotatable bonds is 0. The quantitative estimate of drug-likeness (QED) is 0.607. The summed E-state index contributed by atoms with van der Waals surface area (Å²) in [5.74, 6) is 0.322. The van der Waals surface area contributed by atoms with Crippen LogP contribution in [-0.4, -0.2) is 10.4 Å². The largest absolute Gasteiger partial charge is 0.508 e. The minimum absolute atomic E-state index is 0.194. The number of alkyl halides is 2. The topological polar surface area (TPSA) is 20.2 Å². The lowest BCUT2D eigenvalue weighted by Gasteiger charge is -1.82. The number of hydrogen-bond donors (Lipinski definition) is 1. The Morgan fingerprint density at radius 1 is 1.10 bits per heavy atom. The third-order valence-corrected chi connectivity index (χ3v) is 0.756. The first-order valence-electron chi connectivity index (χ1n) is 2.67. The predicted molar refractivity (Wildman–Crippen MR) is 44.7 cm³/mol. The average molecular weight is 179 g/mol. The molecule has 1 aromatic carbocycles. The van der Waals surface area contributed by atoms with Crippen LogP contribution in [0.15, 0.2) is 30.3 Å². The van der Waals surface area contributed by atoms with Crippen molar-refractivity contribution < 1.29 is 5.11 Å². The molecule has 0 saturated carbocycles. The third kappa shape index (κ3) is 5.73. The lowest BCUT2D eigenvalue weighted by molar-refractivity contribution is 0.475. The standard InChI is InChI=1S/C6H6O.CH2Cl2/c7-6-4-2-1-3-5-6;2-1-3/h1-5,7H;1H2. The fraction of sp³-hybridized carbons (Fsp3) is 0.143. The fourth-order valence-corrected chi connectivity index (χ4v) is 0.428. The zero-order chi connectivity index (χ0) is 7.82. The predicted octanol–water partition coefficient (Wildman–Crippen LogP) is 2.81. The molecule has 56 valence electrons. The SMILES string of the molecule is ClCCl.Oc1ccccc1. The second-order valence-electron chi connectivity index (χ2n) is 1.44. The summed E-state index contributed by atoms with van der Waals surface area (Å²) in [6, 6.07) is 8.71. The van der Waals surface area contributed by atoms with Crippen LogP contribution in [0.3, 0.4) is 0 Å². The van der Waals surface area contributed by atoms with Gasteiger partial charge in [-0.1, -0.05) is 18.2 Å². The molecule has 10 heavy (non-hydrogen) atoms. The summed E-state index contributed by atoms with van der Waals surface area (Å²) in [6.45, 7) is 0. The van der Waals surface area contributed by atoms with Gasteiger partial charge in [0, 0.05) is 0 Å². The van der Waals surface area contributed by atoms with E-state index in [1.807, 2.05) is 6.07 Å². The molecule has 0 aliphatic heterocycles. The highest BCUT2D eigenvalue weighted by Gasteiger charge is 1.74. The van der Waals surface area contributed by atoms with Crippen LogP contribution in [0.25, 0.3) is 0 Å². The van der Waals surface area contributed by atoms with E-state index in [9.17, 15) is 0 Å². The number of halogens is 2. The molecule has 0 amide bonds. The highest BCUT2D eigenvalue weighted by Crippen LogP contribution is 2.02. The van der Waals surface area contributed by atoms with Crippen molar-refractivity contribution in [2.24, 2.45) is 0 Å². The van der Waals surface area contributed by atoms with Gasteiger partial charge in [0.25, 0.3) is 0 Å². The van der Waals surface area contributed by atoms with Gasteiger partial charge in [0.2, 0.25) is 0 Å². The van der Waals surface area contributed by atoms with E-state index in [1.165, 1.54) is 0 Å². The molecule has 0 spiro atoms. The summed E-state index contributed by atoms with van der Waals surface area (Å²) in [6.07, 6.45) is 0. The van der Waals surface area contributed by atoms with Crippen molar-refractivity contribution >= 4 is 23.2 Å². The zero-order valence-corrected chi connectivity index (χ0v) is 6.81. The lowest BCUT2D eigenvalue weighted by atomic mass is 10.3. The van der Waals surface area contributed by atoms with Crippen molar-refractivity contribution in [3.63, 3.8) is 0 Å². The van der Waals surface area contributed by atoms with Gasteiger partial charge in [0.05, 0.1) is 5.34 Å². The van der Waals surface area contributed by atoms with Crippen LogP contribution in [0.4, 0.5) is 0 Å². The first kappa shape index (κ1) is 9.60. The van der Waals surface area contributed by atoms with Crippen LogP contribution in [0.1, 0.15) is 0 Å². The minimum atomic E-state index is 0.194. The molecule has 0 aliphatic carbocycles.